The van der Waals surface area contributed by atoms with Gasteiger partial charge in [-0.1, -0.05) is 11.6 Å². The summed E-state index contributed by atoms with van der Waals surface area (Å²) < 4.78 is 69.7. The summed E-state index contributed by atoms with van der Waals surface area (Å²) in [6.07, 6.45) is 4.98. The molecule has 2 bridgehead atoms. The molecule has 2 fully saturated rings. The molecule has 0 saturated heterocycles. The Bertz CT molecular complexity index is 1470. The van der Waals surface area contributed by atoms with Crippen molar-refractivity contribution in [3.63, 3.8) is 0 Å². The van der Waals surface area contributed by atoms with Gasteiger partial charge in [-0.2, -0.15) is 0 Å². The monoisotopic (exact) mass is 553 g/mol. The summed E-state index contributed by atoms with van der Waals surface area (Å²) in [7, 11) is -2.25. The van der Waals surface area contributed by atoms with E-state index in [1.54, 1.807) is 24.0 Å². The summed E-state index contributed by atoms with van der Waals surface area (Å²) in [5.74, 6) is -5.68. The molecule has 0 radical (unpaired) electrons. The van der Waals surface area contributed by atoms with Crippen LogP contribution in [0, 0.1) is 29.3 Å². The van der Waals surface area contributed by atoms with Gasteiger partial charge >= 0.3 is 0 Å². The summed E-state index contributed by atoms with van der Waals surface area (Å²) in [6.45, 7) is 0. The number of halogens is 4. The number of nitrogens with one attached hydrogen (secondary N) is 1. The molecule has 3 unspecified atom stereocenters. The van der Waals surface area contributed by atoms with Crippen molar-refractivity contribution in [3.05, 3.63) is 76.6 Å². The third-order valence-corrected chi connectivity index (χ3v) is 10.3. The van der Waals surface area contributed by atoms with Crippen LogP contribution in [0.5, 0.6) is 0 Å². The molecular formula is C25H23ClF3N3O4S. The number of aryl methyl sites for hydroxylation is 1. The zero-order valence-corrected chi connectivity index (χ0v) is 21.2. The number of rotatable bonds is 5. The lowest BCUT2D eigenvalue weighted by Gasteiger charge is -2.40. The highest BCUT2D eigenvalue weighted by molar-refractivity contribution is 7.92. The maximum absolute atomic E-state index is 13.8. The van der Waals surface area contributed by atoms with E-state index in [-0.39, 0.29) is 45.8 Å². The normalized spacial score (nSPS) is 25.3. The van der Waals surface area contributed by atoms with Crippen LogP contribution in [0.2, 0.25) is 5.02 Å². The molecular weight excluding hydrogens is 531 g/mol. The third-order valence-electron chi connectivity index (χ3n) is 7.37. The predicted octanol–water partition coefficient (Wildman–Crippen LogP) is 4.59. The highest BCUT2D eigenvalue weighted by atomic mass is 35.5. The molecule has 37 heavy (non-hydrogen) atoms. The Balaban J connectivity index is 1.43. The summed E-state index contributed by atoms with van der Waals surface area (Å²) in [5, 5.41) is 12.8. The topological polar surface area (TPSA) is 101 Å². The molecule has 1 aromatic heterocycles. The van der Waals surface area contributed by atoms with E-state index in [1.807, 2.05) is 0 Å². The van der Waals surface area contributed by atoms with Crippen LogP contribution >= 0.6 is 11.6 Å². The van der Waals surface area contributed by atoms with Gasteiger partial charge in [0.25, 0.3) is 5.91 Å². The molecule has 5 rings (SSSR count). The van der Waals surface area contributed by atoms with Gasteiger partial charge in [0.1, 0.15) is 11.4 Å². The number of hydrogen-bond donors (Lipinski definition) is 2. The van der Waals surface area contributed by atoms with Crippen molar-refractivity contribution >= 4 is 33.0 Å². The van der Waals surface area contributed by atoms with E-state index in [2.05, 4.69) is 10.3 Å². The van der Waals surface area contributed by atoms with Crippen molar-refractivity contribution in [2.24, 2.45) is 18.9 Å². The van der Waals surface area contributed by atoms with Crippen LogP contribution in [0.1, 0.15) is 41.9 Å². The van der Waals surface area contributed by atoms with Gasteiger partial charge < -0.3 is 15.0 Å². The number of benzene rings is 2. The largest absolute Gasteiger partial charge is 0.382 e. The summed E-state index contributed by atoms with van der Waals surface area (Å²) in [4.78, 5) is 16.8. The molecule has 1 heterocycles. The van der Waals surface area contributed by atoms with Gasteiger partial charge in [0.05, 0.1) is 15.2 Å². The lowest BCUT2D eigenvalue weighted by molar-refractivity contribution is -0.0337. The van der Waals surface area contributed by atoms with Gasteiger partial charge in [0, 0.05) is 42.8 Å². The van der Waals surface area contributed by atoms with Crippen LogP contribution in [0.25, 0.3) is 0 Å². The molecule has 12 heteroatoms. The minimum atomic E-state index is -4.03. The number of amides is 1. The van der Waals surface area contributed by atoms with E-state index >= 15 is 0 Å². The molecule has 2 aromatic carbocycles. The quantitative estimate of drug-likeness (QED) is 0.450. The lowest BCUT2D eigenvalue weighted by atomic mass is 9.76. The smallest absolute Gasteiger partial charge is 0.255 e. The number of fused-ring (bicyclic) bond motifs is 2. The minimum Gasteiger partial charge on any atom is -0.382 e. The molecule has 2 N–H and O–H groups in total. The number of aliphatic hydroxyl groups is 1. The fraction of sp³-hybridized carbons (Fsp3) is 0.360. The predicted molar refractivity (Wildman–Crippen MR) is 129 cm³/mol. The van der Waals surface area contributed by atoms with Crippen molar-refractivity contribution in [2.45, 2.75) is 41.4 Å². The molecule has 1 amide bonds. The van der Waals surface area contributed by atoms with Gasteiger partial charge in [0.15, 0.2) is 27.3 Å². The fourth-order valence-corrected chi connectivity index (χ4v) is 8.71. The van der Waals surface area contributed by atoms with Crippen molar-refractivity contribution in [3.8, 4) is 0 Å². The molecule has 7 nitrogen and oxygen atoms in total. The maximum atomic E-state index is 13.8. The molecule has 196 valence electrons. The Hall–Kier alpha value is -2.89. The summed E-state index contributed by atoms with van der Waals surface area (Å²) in [5.41, 5.74) is -1.69. The zero-order chi connectivity index (χ0) is 26.7. The van der Waals surface area contributed by atoms with Gasteiger partial charge in [-0.15, -0.1) is 0 Å². The molecule has 0 aliphatic heterocycles. The first kappa shape index (κ1) is 25.7. The molecule has 2 aliphatic carbocycles. The Morgan fingerprint density at radius 3 is 2.32 bits per heavy atom. The molecule has 4 atom stereocenters. The van der Waals surface area contributed by atoms with E-state index < -0.39 is 44.0 Å². The molecule has 2 saturated carbocycles. The van der Waals surface area contributed by atoms with Crippen molar-refractivity contribution in [1.29, 1.82) is 0 Å². The van der Waals surface area contributed by atoms with Crippen LogP contribution < -0.4 is 5.32 Å². The number of nitrogens with zero attached hydrogens (tertiary/aromatic N) is 2. The van der Waals surface area contributed by atoms with Crippen LogP contribution in [0.3, 0.4) is 0 Å². The third kappa shape index (κ3) is 4.42. The number of carbonyl (C=O) groups excluding carboxylic acids is 1. The van der Waals surface area contributed by atoms with Crippen LogP contribution in [-0.2, 0) is 22.5 Å². The zero-order valence-electron chi connectivity index (χ0n) is 19.6. The second-order valence-corrected chi connectivity index (χ2v) is 12.2. The van der Waals surface area contributed by atoms with Crippen LogP contribution in [-0.4, -0.2) is 34.2 Å². The Kier molecular flexibility index (Phi) is 6.36. The number of hydrogen-bond acceptors (Lipinski definition) is 5. The maximum Gasteiger partial charge on any atom is 0.255 e. The number of carbonyl (C=O) groups is 1. The Morgan fingerprint density at radius 1 is 1.14 bits per heavy atom. The molecule has 3 aromatic rings. The van der Waals surface area contributed by atoms with Crippen LogP contribution in [0.4, 0.5) is 18.9 Å². The number of anilines is 1. The number of aromatic nitrogens is 2. The van der Waals surface area contributed by atoms with E-state index in [1.165, 1.54) is 12.1 Å². The second kappa shape index (κ2) is 9.14. The van der Waals surface area contributed by atoms with Crippen molar-refractivity contribution < 1.29 is 31.5 Å². The van der Waals surface area contributed by atoms with E-state index in [4.69, 9.17) is 11.6 Å². The second-order valence-electron chi connectivity index (χ2n) is 9.76. The lowest BCUT2D eigenvalue weighted by Crippen LogP contribution is -2.45. The first-order valence-electron chi connectivity index (χ1n) is 11.6. The van der Waals surface area contributed by atoms with E-state index in [0.29, 0.717) is 30.8 Å². The summed E-state index contributed by atoms with van der Waals surface area (Å²) >= 11 is 6.28. The number of sulfone groups is 1. The molecule has 0 spiro atoms. The van der Waals surface area contributed by atoms with E-state index in [9.17, 15) is 31.5 Å². The van der Waals surface area contributed by atoms with Crippen LogP contribution in [0.15, 0.2) is 47.6 Å². The van der Waals surface area contributed by atoms with Gasteiger partial charge in [0.2, 0.25) is 0 Å². The standard InChI is InChI=1S/C25H23ClF3N3O4S/c1-32-7-6-30-24(32)25(34)11-14-2-3-15(12-25)22(14)37(35,36)20-8-13(4-5-17(20)26)23(33)31-16-9-18(27)21(29)19(28)10-16/h4-10,14-15,22,34H,2-3,11-12H2,1H3,(H,31,33)/t14-,15?,22?,25?/m0/s1. The van der Waals surface area contributed by atoms with Gasteiger partial charge in [-0.25, -0.2) is 26.6 Å². The number of imidazole rings is 1. The Morgan fingerprint density at radius 2 is 1.76 bits per heavy atom. The van der Waals surface area contributed by atoms with Crippen molar-refractivity contribution in [2.75, 3.05) is 5.32 Å². The van der Waals surface area contributed by atoms with Crippen molar-refractivity contribution in [1.82, 2.24) is 9.55 Å². The van der Waals surface area contributed by atoms with Gasteiger partial charge in [-0.05, 0) is 55.7 Å². The van der Waals surface area contributed by atoms with E-state index in [0.717, 1.165) is 6.07 Å². The minimum absolute atomic E-state index is 0.0697. The first-order valence-corrected chi connectivity index (χ1v) is 13.5. The van der Waals surface area contributed by atoms with Gasteiger partial charge in [-0.3, -0.25) is 4.79 Å². The Labute approximate surface area is 216 Å². The fourth-order valence-electron chi connectivity index (χ4n) is 5.87. The molecule has 2 aliphatic rings. The average Bonchev–Trinajstić information content (AvgIpc) is 3.39. The average molecular weight is 554 g/mol. The first-order chi connectivity index (χ1) is 17.4. The highest BCUT2D eigenvalue weighted by Gasteiger charge is 2.55. The highest BCUT2D eigenvalue weighted by Crippen LogP contribution is 2.54. The summed E-state index contributed by atoms with van der Waals surface area (Å²) in [6, 6.07) is 4.91. The SMILES string of the molecule is Cn1ccnc1C1(O)CC2CC[C@@H](C1)C2S(=O)(=O)c1cc(C(=O)Nc2cc(F)c(F)c(F)c2)ccc1Cl.